The fraction of sp³-hybridized carbons (Fsp3) is 0.314. The largest absolute Gasteiger partial charge is 0.481 e. The summed E-state index contributed by atoms with van der Waals surface area (Å²) in [6, 6.07) is 15.0. The highest BCUT2D eigenvalue weighted by Gasteiger charge is 2.27. The van der Waals surface area contributed by atoms with Crippen molar-refractivity contribution in [1.29, 1.82) is 0 Å². The summed E-state index contributed by atoms with van der Waals surface area (Å²) >= 11 is 0. The molecule has 0 aromatic heterocycles. The van der Waals surface area contributed by atoms with Crippen LogP contribution in [0.3, 0.4) is 0 Å². The highest BCUT2D eigenvalue weighted by atomic mass is 16.5. The molecule has 6 rings (SSSR count). The van der Waals surface area contributed by atoms with Crippen molar-refractivity contribution in [3.05, 3.63) is 101 Å². The predicted octanol–water partition coefficient (Wildman–Crippen LogP) is 5.37. The number of nitrogens with zero attached hydrogens (tertiary/aromatic N) is 2. The smallest absolute Gasteiger partial charge is 0.148 e. The fourth-order valence-electron chi connectivity index (χ4n) is 5.65. The second-order valence-electron chi connectivity index (χ2n) is 10.6. The molecule has 6 heteroatoms. The summed E-state index contributed by atoms with van der Waals surface area (Å²) in [6.45, 7) is 3.33. The van der Waals surface area contributed by atoms with Crippen molar-refractivity contribution in [3.8, 4) is 36.2 Å². The molecule has 0 N–H and O–H groups in total. The van der Waals surface area contributed by atoms with Crippen molar-refractivity contribution in [2.75, 3.05) is 38.1 Å². The number of rotatable bonds is 8. The summed E-state index contributed by atoms with van der Waals surface area (Å²) in [5.74, 6) is 7.56. The molecular formula is C35H34N2O4. The quantitative estimate of drug-likeness (QED) is 0.415. The lowest BCUT2D eigenvalue weighted by atomic mass is 9.96. The maximum atomic E-state index is 6.13. The summed E-state index contributed by atoms with van der Waals surface area (Å²) in [5, 5.41) is 0. The highest BCUT2D eigenvalue weighted by Crippen LogP contribution is 2.32. The normalized spacial score (nSPS) is 21.6. The molecular weight excluding hydrogens is 512 g/mol. The van der Waals surface area contributed by atoms with Crippen molar-refractivity contribution >= 4 is 5.69 Å². The molecule has 41 heavy (non-hydrogen) atoms. The van der Waals surface area contributed by atoms with E-state index in [-0.39, 0.29) is 19.3 Å². The van der Waals surface area contributed by atoms with E-state index in [1.807, 2.05) is 18.2 Å². The second-order valence-corrected chi connectivity index (χ2v) is 10.6. The number of terminal acetylenes is 2. The monoisotopic (exact) mass is 546 g/mol. The van der Waals surface area contributed by atoms with E-state index in [1.54, 1.807) is 0 Å². The molecule has 1 saturated heterocycles. The van der Waals surface area contributed by atoms with Crippen molar-refractivity contribution in [3.63, 3.8) is 0 Å². The third kappa shape index (κ3) is 6.36. The molecule has 2 aliphatic carbocycles. The van der Waals surface area contributed by atoms with Gasteiger partial charge in [-0.15, -0.1) is 12.8 Å². The maximum absolute atomic E-state index is 6.13. The van der Waals surface area contributed by atoms with E-state index in [9.17, 15) is 0 Å². The number of hydrogen-bond acceptors (Lipinski definition) is 6. The number of allylic oxidation sites excluding steroid dienone is 3. The molecule has 2 aromatic rings. The minimum absolute atomic E-state index is 0.120. The number of hydrogen-bond donors (Lipinski definition) is 0. The van der Waals surface area contributed by atoms with Gasteiger partial charge in [0.05, 0.1) is 6.10 Å². The summed E-state index contributed by atoms with van der Waals surface area (Å²) in [7, 11) is 0. The molecule has 6 nitrogen and oxygen atoms in total. The third-order valence-corrected chi connectivity index (χ3v) is 7.85. The lowest BCUT2D eigenvalue weighted by Gasteiger charge is -2.37. The molecule has 208 valence electrons. The van der Waals surface area contributed by atoms with Crippen LogP contribution in [0.5, 0.6) is 11.5 Å². The van der Waals surface area contributed by atoms with Gasteiger partial charge >= 0.3 is 0 Å². The van der Waals surface area contributed by atoms with Crippen LogP contribution < -0.4 is 14.4 Å². The van der Waals surface area contributed by atoms with Gasteiger partial charge in [0.25, 0.3) is 0 Å². The van der Waals surface area contributed by atoms with Gasteiger partial charge < -0.3 is 23.8 Å². The van der Waals surface area contributed by atoms with E-state index < -0.39 is 0 Å². The molecule has 0 amide bonds. The van der Waals surface area contributed by atoms with E-state index in [1.165, 1.54) is 16.7 Å². The van der Waals surface area contributed by atoms with Crippen LogP contribution in [0.1, 0.15) is 24.0 Å². The van der Waals surface area contributed by atoms with E-state index in [2.05, 4.69) is 76.3 Å². The van der Waals surface area contributed by atoms with Crippen LogP contribution in [0.2, 0.25) is 0 Å². The average Bonchev–Trinajstić information content (AvgIpc) is 3.02. The SMILES string of the molecule is C#CCOC1=CCC2OCN(c3ccc(CC4=CCC(N5COc6ccc(OCC#C)cc6C5)C=C4)cc3)CC2=C1. The second kappa shape index (κ2) is 12.4. The number of ether oxygens (including phenoxy) is 4. The molecule has 0 bridgehead atoms. The topological polar surface area (TPSA) is 43.4 Å². The molecule has 1 fully saturated rings. The Morgan fingerprint density at radius 1 is 0.927 bits per heavy atom. The zero-order valence-electron chi connectivity index (χ0n) is 23.1. The Bertz CT molecular complexity index is 1470. The summed E-state index contributed by atoms with van der Waals surface area (Å²) in [6.07, 6.45) is 24.5. The van der Waals surface area contributed by atoms with Crippen molar-refractivity contribution in [1.82, 2.24) is 4.90 Å². The molecule has 2 heterocycles. The van der Waals surface area contributed by atoms with Gasteiger partial charge in [-0.25, -0.2) is 0 Å². The summed E-state index contributed by atoms with van der Waals surface area (Å²) in [5.41, 5.74) is 6.12. The Morgan fingerprint density at radius 2 is 1.78 bits per heavy atom. The molecule has 2 unspecified atom stereocenters. The Labute approximate surface area is 242 Å². The van der Waals surface area contributed by atoms with E-state index in [0.29, 0.717) is 19.5 Å². The highest BCUT2D eigenvalue weighted by molar-refractivity contribution is 5.51. The summed E-state index contributed by atoms with van der Waals surface area (Å²) in [4.78, 5) is 4.60. The summed E-state index contributed by atoms with van der Waals surface area (Å²) < 4.78 is 23.4. The minimum Gasteiger partial charge on any atom is -0.481 e. The van der Waals surface area contributed by atoms with Gasteiger partial charge in [0, 0.05) is 30.4 Å². The van der Waals surface area contributed by atoms with Crippen LogP contribution in [-0.4, -0.2) is 50.3 Å². The molecule has 2 atom stereocenters. The van der Waals surface area contributed by atoms with Crippen molar-refractivity contribution in [2.24, 2.45) is 0 Å². The first kappa shape index (κ1) is 26.8. The first-order valence-corrected chi connectivity index (χ1v) is 14.0. The standard InChI is InChI=1S/C35H34N2O4/c1-3-17-38-32-13-15-34-28(20-32)22-36(24-40-34)30-9-5-26(6-10-30)19-27-7-11-31(12-8-27)37-23-29-21-33(39-18-4-2)14-16-35(29)41-25-37/h1-2,5-11,13-14,16,20-21,31,34H,12,15,17-19,22-25H2. The van der Waals surface area contributed by atoms with E-state index in [0.717, 1.165) is 60.9 Å². The van der Waals surface area contributed by atoms with Crippen LogP contribution in [0, 0.1) is 24.7 Å². The maximum Gasteiger partial charge on any atom is 0.148 e. The molecule has 4 aliphatic rings. The van der Waals surface area contributed by atoms with Crippen LogP contribution in [0.15, 0.2) is 89.8 Å². The van der Waals surface area contributed by atoms with Crippen LogP contribution >= 0.6 is 0 Å². The van der Waals surface area contributed by atoms with E-state index >= 15 is 0 Å². The van der Waals surface area contributed by atoms with Crippen LogP contribution in [-0.2, 0) is 22.4 Å². The molecule has 0 radical (unpaired) electrons. The van der Waals surface area contributed by atoms with Crippen molar-refractivity contribution < 1.29 is 18.9 Å². The Balaban J connectivity index is 1.02. The molecule has 0 saturated carbocycles. The lowest BCUT2D eigenvalue weighted by molar-refractivity contribution is 0.0586. The van der Waals surface area contributed by atoms with Gasteiger partial charge in [0.15, 0.2) is 0 Å². The Hall–Kier alpha value is -4.36. The number of anilines is 1. The fourth-order valence-corrected chi connectivity index (χ4v) is 5.65. The zero-order valence-corrected chi connectivity index (χ0v) is 23.1. The number of benzene rings is 2. The average molecular weight is 547 g/mol. The Kier molecular flexibility index (Phi) is 8.14. The minimum atomic E-state index is 0.120. The van der Waals surface area contributed by atoms with Crippen LogP contribution in [0.4, 0.5) is 5.69 Å². The number of fused-ring (bicyclic) bond motifs is 2. The molecule has 2 aliphatic heterocycles. The lowest BCUT2D eigenvalue weighted by Crippen LogP contribution is -2.40. The first-order chi connectivity index (χ1) is 20.2. The van der Waals surface area contributed by atoms with Crippen LogP contribution in [0.25, 0.3) is 0 Å². The zero-order chi connectivity index (χ0) is 28.0. The van der Waals surface area contributed by atoms with E-state index in [4.69, 9.17) is 31.8 Å². The third-order valence-electron chi connectivity index (χ3n) is 7.85. The molecule has 0 spiro atoms. The van der Waals surface area contributed by atoms with Gasteiger partial charge in [-0.1, -0.05) is 42.2 Å². The van der Waals surface area contributed by atoms with Gasteiger partial charge in [-0.05, 0) is 78.5 Å². The van der Waals surface area contributed by atoms with Gasteiger partial charge in [0.2, 0.25) is 0 Å². The first-order valence-electron chi connectivity index (χ1n) is 14.0. The van der Waals surface area contributed by atoms with Gasteiger partial charge in [-0.2, -0.15) is 0 Å². The predicted molar refractivity (Wildman–Crippen MR) is 160 cm³/mol. The molecule has 2 aromatic carbocycles. The van der Waals surface area contributed by atoms with Gasteiger partial charge in [-0.3, -0.25) is 4.90 Å². The van der Waals surface area contributed by atoms with Gasteiger partial charge in [0.1, 0.15) is 43.9 Å². The Morgan fingerprint density at radius 3 is 2.59 bits per heavy atom. The van der Waals surface area contributed by atoms with Crippen molar-refractivity contribution in [2.45, 2.75) is 38.0 Å².